The van der Waals surface area contributed by atoms with Gasteiger partial charge < -0.3 is 5.73 Å². The largest absolute Gasteiger partial charge is 0.382 e. The molecular formula is C14H12BrN3S. The third-order valence-electron chi connectivity index (χ3n) is 2.96. The molecule has 0 amide bonds. The number of aromatic nitrogens is 2. The highest BCUT2D eigenvalue weighted by Gasteiger charge is 2.16. The Morgan fingerprint density at radius 3 is 2.63 bits per heavy atom. The standard InChI is InChI=1S/C14H12BrN3S/c1-8-7-10(19-13(8)15)12-11(14(16)18-17-12)9-5-3-2-4-6-9/h2-7H,1H3,(H3,16,17,18). The second kappa shape index (κ2) is 4.83. The van der Waals surface area contributed by atoms with Crippen molar-refractivity contribution in [3.8, 4) is 21.7 Å². The van der Waals surface area contributed by atoms with Gasteiger partial charge in [0, 0.05) is 0 Å². The van der Waals surface area contributed by atoms with Crippen LogP contribution in [0.15, 0.2) is 40.2 Å². The van der Waals surface area contributed by atoms with Crippen LogP contribution in [0.2, 0.25) is 0 Å². The van der Waals surface area contributed by atoms with E-state index in [4.69, 9.17) is 5.73 Å². The van der Waals surface area contributed by atoms with Gasteiger partial charge in [-0.2, -0.15) is 5.10 Å². The fraction of sp³-hybridized carbons (Fsp3) is 0.0714. The lowest BCUT2D eigenvalue weighted by Crippen LogP contribution is -1.87. The molecule has 0 radical (unpaired) electrons. The maximum absolute atomic E-state index is 6.01. The summed E-state index contributed by atoms with van der Waals surface area (Å²) in [6, 6.07) is 12.2. The molecule has 2 aromatic heterocycles. The molecule has 0 fully saturated rings. The number of aryl methyl sites for hydroxylation is 1. The Morgan fingerprint density at radius 2 is 2.00 bits per heavy atom. The topological polar surface area (TPSA) is 54.7 Å². The molecule has 0 saturated carbocycles. The molecule has 0 bridgehead atoms. The van der Waals surface area contributed by atoms with Crippen molar-refractivity contribution in [2.24, 2.45) is 0 Å². The molecule has 0 aliphatic rings. The highest BCUT2D eigenvalue weighted by Crippen LogP contribution is 2.40. The Balaban J connectivity index is 2.19. The highest BCUT2D eigenvalue weighted by atomic mass is 79.9. The number of hydrogen-bond acceptors (Lipinski definition) is 3. The predicted molar refractivity (Wildman–Crippen MR) is 84.2 cm³/mol. The lowest BCUT2D eigenvalue weighted by atomic mass is 10.0. The fourth-order valence-electron chi connectivity index (χ4n) is 2.01. The van der Waals surface area contributed by atoms with Crippen LogP contribution in [-0.2, 0) is 0 Å². The number of nitrogens with one attached hydrogen (secondary N) is 1. The van der Waals surface area contributed by atoms with E-state index >= 15 is 0 Å². The van der Waals surface area contributed by atoms with Gasteiger partial charge in [-0.05, 0) is 40.0 Å². The van der Waals surface area contributed by atoms with Crippen molar-refractivity contribution in [1.29, 1.82) is 0 Å². The summed E-state index contributed by atoms with van der Waals surface area (Å²) >= 11 is 5.23. The molecule has 2 heterocycles. The molecule has 19 heavy (non-hydrogen) atoms. The lowest BCUT2D eigenvalue weighted by Gasteiger charge is -2.02. The third kappa shape index (κ3) is 2.19. The first-order valence-corrected chi connectivity index (χ1v) is 7.43. The van der Waals surface area contributed by atoms with E-state index in [1.807, 2.05) is 30.3 Å². The van der Waals surface area contributed by atoms with Crippen molar-refractivity contribution in [2.45, 2.75) is 6.92 Å². The number of rotatable bonds is 2. The molecule has 5 heteroatoms. The highest BCUT2D eigenvalue weighted by molar-refractivity contribution is 9.11. The number of anilines is 1. The van der Waals surface area contributed by atoms with Gasteiger partial charge in [-0.25, -0.2) is 0 Å². The Hall–Kier alpha value is -1.59. The maximum atomic E-state index is 6.01. The number of thiophene rings is 1. The van der Waals surface area contributed by atoms with Crippen LogP contribution < -0.4 is 5.73 Å². The third-order valence-corrected chi connectivity index (χ3v) is 5.11. The molecule has 96 valence electrons. The fourth-order valence-corrected chi connectivity index (χ4v) is 3.55. The summed E-state index contributed by atoms with van der Waals surface area (Å²) < 4.78 is 1.13. The average molecular weight is 334 g/mol. The van der Waals surface area contributed by atoms with Crippen molar-refractivity contribution < 1.29 is 0 Å². The summed E-state index contributed by atoms with van der Waals surface area (Å²) in [5, 5.41) is 7.20. The second-order valence-corrected chi connectivity index (χ2v) is 6.66. The van der Waals surface area contributed by atoms with Crippen molar-refractivity contribution >= 4 is 33.1 Å². The first-order chi connectivity index (χ1) is 9.16. The number of H-pyrrole nitrogens is 1. The van der Waals surface area contributed by atoms with E-state index in [0.717, 1.165) is 25.5 Å². The molecule has 0 spiro atoms. The Morgan fingerprint density at radius 1 is 1.26 bits per heavy atom. The van der Waals surface area contributed by atoms with Crippen molar-refractivity contribution in [3.05, 3.63) is 45.7 Å². The van der Waals surface area contributed by atoms with Crippen molar-refractivity contribution in [2.75, 3.05) is 5.73 Å². The molecule has 0 atom stereocenters. The van der Waals surface area contributed by atoms with Gasteiger partial charge in [-0.3, -0.25) is 5.10 Å². The van der Waals surface area contributed by atoms with Crippen LogP contribution in [0.25, 0.3) is 21.7 Å². The van der Waals surface area contributed by atoms with Gasteiger partial charge in [-0.1, -0.05) is 30.3 Å². The van der Waals surface area contributed by atoms with Crippen molar-refractivity contribution in [1.82, 2.24) is 10.2 Å². The zero-order valence-electron chi connectivity index (χ0n) is 10.3. The van der Waals surface area contributed by atoms with E-state index < -0.39 is 0 Å². The minimum atomic E-state index is 0.531. The average Bonchev–Trinajstić information content (AvgIpc) is 2.95. The molecule has 3 aromatic rings. The quantitative estimate of drug-likeness (QED) is 0.727. The van der Waals surface area contributed by atoms with Crippen LogP contribution in [0, 0.1) is 6.92 Å². The minimum Gasteiger partial charge on any atom is -0.382 e. The monoisotopic (exact) mass is 333 g/mol. The Kier molecular flexibility index (Phi) is 3.16. The maximum Gasteiger partial charge on any atom is 0.153 e. The summed E-state index contributed by atoms with van der Waals surface area (Å²) in [4.78, 5) is 1.13. The van der Waals surface area contributed by atoms with Crippen molar-refractivity contribution in [3.63, 3.8) is 0 Å². The van der Waals surface area contributed by atoms with Crippen LogP contribution in [0.3, 0.4) is 0 Å². The van der Waals surface area contributed by atoms with E-state index in [1.54, 1.807) is 11.3 Å². The van der Waals surface area contributed by atoms with Gasteiger partial charge in [0.2, 0.25) is 0 Å². The number of nitrogen functional groups attached to an aromatic ring is 1. The van der Waals surface area contributed by atoms with E-state index in [1.165, 1.54) is 5.56 Å². The molecule has 3 nitrogen and oxygen atoms in total. The van der Waals surface area contributed by atoms with Gasteiger partial charge in [0.15, 0.2) is 5.82 Å². The number of nitrogens with zero attached hydrogens (tertiary/aromatic N) is 1. The zero-order chi connectivity index (χ0) is 13.4. The Bertz CT molecular complexity index is 696. The van der Waals surface area contributed by atoms with Crippen LogP contribution in [-0.4, -0.2) is 10.2 Å². The van der Waals surface area contributed by atoms with E-state index in [2.05, 4.69) is 39.1 Å². The van der Waals surface area contributed by atoms with E-state index in [-0.39, 0.29) is 0 Å². The molecular weight excluding hydrogens is 322 g/mol. The molecule has 0 unspecified atom stereocenters. The minimum absolute atomic E-state index is 0.531. The first kappa shape index (κ1) is 12.4. The SMILES string of the molecule is Cc1cc(-c2[nH]nc(N)c2-c2ccccc2)sc1Br. The molecule has 0 aliphatic heterocycles. The molecule has 0 saturated heterocycles. The number of hydrogen-bond donors (Lipinski definition) is 2. The molecule has 3 rings (SSSR count). The summed E-state index contributed by atoms with van der Waals surface area (Å²) in [5.41, 5.74) is 10.2. The van der Waals surface area contributed by atoms with Crippen LogP contribution >= 0.6 is 27.3 Å². The summed E-state index contributed by atoms with van der Waals surface area (Å²) in [6.07, 6.45) is 0. The molecule has 1 aromatic carbocycles. The van der Waals surface area contributed by atoms with Gasteiger partial charge in [0.25, 0.3) is 0 Å². The molecule has 0 aliphatic carbocycles. The first-order valence-electron chi connectivity index (χ1n) is 5.82. The van der Waals surface area contributed by atoms with E-state index in [0.29, 0.717) is 5.82 Å². The smallest absolute Gasteiger partial charge is 0.153 e. The van der Waals surface area contributed by atoms with Gasteiger partial charge >= 0.3 is 0 Å². The predicted octanol–water partition coefficient (Wildman–Crippen LogP) is 4.46. The second-order valence-electron chi connectivity index (χ2n) is 4.29. The zero-order valence-corrected chi connectivity index (χ0v) is 12.7. The van der Waals surface area contributed by atoms with Gasteiger partial charge in [0.1, 0.15) is 0 Å². The number of halogens is 1. The Labute approximate surface area is 123 Å². The summed E-state index contributed by atoms with van der Waals surface area (Å²) in [6.45, 7) is 2.08. The van der Waals surface area contributed by atoms with Gasteiger partial charge in [0.05, 0.1) is 19.9 Å². The normalized spacial score (nSPS) is 10.8. The lowest BCUT2D eigenvalue weighted by molar-refractivity contribution is 1.11. The van der Waals surface area contributed by atoms with Gasteiger partial charge in [-0.15, -0.1) is 11.3 Å². The van der Waals surface area contributed by atoms with Crippen LogP contribution in [0.4, 0.5) is 5.82 Å². The number of benzene rings is 1. The van der Waals surface area contributed by atoms with E-state index in [9.17, 15) is 0 Å². The van der Waals surface area contributed by atoms with Crippen LogP contribution in [0.5, 0.6) is 0 Å². The molecule has 3 N–H and O–H groups in total. The number of nitrogens with two attached hydrogens (primary N) is 1. The van der Waals surface area contributed by atoms with Crippen LogP contribution in [0.1, 0.15) is 5.56 Å². The number of aromatic amines is 1. The summed E-state index contributed by atoms with van der Waals surface area (Å²) in [5.74, 6) is 0.531. The summed E-state index contributed by atoms with van der Waals surface area (Å²) in [7, 11) is 0.